The molecule has 3 N–H and O–H groups in total. The van der Waals surface area contributed by atoms with E-state index in [1.54, 1.807) is 0 Å². The first kappa shape index (κ1) is 14.9. The average molecular weight is 288 g/mol. The van der Waals surface area contributed by atoms with Crippen LogP contribution in [0.25, 0.3) is 0 Å². The topological polar surface area (TPSA) is 82.3 Å². The van der Waals surface area contributed by atoms with Crippen LogP contribution in [0.5, 0.6) is 11.6 Å². The molecule has 0 unspecified atom stereocenters. The van der Waals surface area contributed by atoms with Crippen LogP contribution >= 0.6 is 0 Å². The minimum atomic E-state index is -0.00855. The number of hydrogen-bond donors (Lipinski definition) is 2. The van der Waals surface area contributed by atoms with Crippen molar-refractivity contribution in [2.24, 2.45) is 0 Å². The predicted molar refractivity (Wildman–Crippen MR) is 83.1 cm³/mol. The van der Waals surface area contributed by atoms with E-state index in [2.05, 4.69) is 15.3 Å². The number of hydrogen-bond acceptors (Lipinski definition) is 6. The van der Waals surface area contributed by atoms with Crippen LogP contribution in [0.1, 0.15) is 20.8 Å². The minimum Gasteiger partial charge on any atom is -0.492 e. The molecule has 2 aromatic rings. The Bertz CT molecular complexity index is 602. The zero-order chi connectivity index (χ0) is 15.2. The third-order valence-electron chi connectivity index (χ3n) is 2.63. The van der Waals surface area contributed by atoms with Crippen molar-refractivity contribution < 1.29 is 9.47 Å². The first-order valence-corrected chi connectivity index (χ1v) is 6.87. The predicted octanol–water partition coefficient (Wildman–Crippen LogP) is 2.99. The highest BCUT2D eigenvalue weighted by atomic mass is 16.5. The van der Waals surface area contributed by atoms with Crippen LogP contribution in [0.15, 0.2) is 30.6 Å². The highest BCUT2D eigenvalue weighted by Gasteiger charge is 2.12. The van der Waals surface area contributed by atoms with Gasteiger partial charge in [0.15, 0.2) is 5.82 Å². The molecular formula is C15H20N4O2. The standard InChI is InChI=1S/C15H20N4O2/c1-4-20-12-8-6-5-7-11(12)19-14-13(16)15(18-9-17-14)21-10(2)3/h5-10H,4,16H2,1-3H3,(H,17,18,19). The summed E-state index contributed by atoms with van der Waals surface area (Å²) in [7, 11) is 0. The minimum absolute atomic E-state index is 0.00855. The third kappa shape index (κ3) is 3.75. The van der Waals surface area contributed by atoms with Gasteiger partial charge in [0.05, 0.1) is 18.4 Å². The maximum atomic E-state index is 6.05. The van der Waals surface area contributed by atoms with Crippen molar-refractivity contribution in [3.05, 3.63) is 30.6 Å². The van der Waals surface area contributed by atoms with Gasteiger partial charge in [0.2, 0.25) is 5.88 Å². The van der Waals surface area contributed by atoms with E-state index in [0.717, 1.165) is 11.4 Å². The van der Waals surface area contributed by atoms with Gasteiger partial charge < -0.3 is 20.5 Å². The van der Waals surface area contributed by atoms with Crippen LogP contribution in [-0.4, -0.2) is 22.7 Å². The first-order valence-electron chi connectivity index (χ1n) is 6.87. The second-order valence-corrected chi connectivity index (χ2v) is 4.66. The summed E-state index contributed by atoms with van der Waals surface area (Å²) in [6.07, 6.45) is 1.41. The number of nitrogens with zero attached hydrogens (tertiary/aromatic N) is 2. The number of nitrogens with one attached hydrogen (secondary N) is 1. The number of nitrogens with two attached hydrogens (primary N) is 1. The Hall–Kier alpha value is -2.50. The molecule has 0 aliphatic rings. The molecule has 6 heteroatoms. The lowest BCUT2D eigenvalue weighted by Crippen LogP contribution is -2.11. The highest BCUT2D eigenvalue weighted by Crippen LogP contribution is 2.32. The largest absolute Gasteiger partial charge is 0.492 e. The van der Waals surface area contributed by atoms with Crippen LogP contribution < -0.4 is 20.5 Å². The molecule has 21 heavy (non-hydrogen) atoms. The van der Waals surface area contributed by atoms with Crippen LogP contribution in [0, 0.1) is 0 Å². The van der Waals surface area contributed by atoms with E-state index in [9.17, 15) is 0 Å². The SMILES string of the molecule is CCOc1ccccc1Nc1ncnc(OC(C)C)c1N. The summed E-state index contributed by atoms with van der Waals surface area (Å²) in [6, 6.07) is 7.60. The van der Waals surface area contributed by atoms with Crippen molar-refractivity contribution in [3.8, 4) is 11.6 Å². The van der Waals surface area contributed by atoms with Crippen molar-refractivity contribution in [2.75, 3.05) is 17.7 Å². The molecule has 0 saturated heterocycles. The Labute approximate surface area is 124 Å². The molecule has 0 fully saturated rings. The van der Waals surface area contributed by atoms with Gasteiger partial charge in [0.25, 0.3) is 0 Å². The molecule has 6 nitrogen and oxygen atoms in total. The summed E-state index contributed by atoms with van der Waals surface area (Å²) >= 11 is 0. The summed E-state index contributed by atoms with van der Waals surface area (Å²) in [5.74, 6) is 1.61. The van der Waals surface area contributed by atoms with Gasteiger partial charge >= 0.3 is 0 Å². The summed E-state index contributed by atoms with van der Waals surface area (Å²) < 4.78 is 11.1. The highest BCUT2D eigenvalue weighted by molar-refractivity contribution is 5.74. The summed E-state index contributed by atoms with van der Waals surface area (Å²) in [5, 5.41) is 3.16. The molecule has 1 heterocycles. The second kappa shape index (κ2) is 6.78. The van der Waals surface area contributed by atoms with Crippen molar-refractivity contribution >= 4 is 17.2 Å². The molecule has 0 atom stereocenters. The van der Waals surface area contributed by atoms with E-state index in [-0.39, 0.29) is 6.10 Å². The van der Waals surface area contributed by atoms with Crippen molar-refractivity contribution in [1.82, 2.24) is 9.97 Å². The normalized spacial score (nSPS) is 10.5. The number of nitrogen functional groups attached to an aromatic ring is 1. The van der Waals surface area contributed by atoms with Gasteiger partial charge in [-0.3, -0.25) is 0 Å². The number of rotatable bonds is 6. The van der Waals surface area contributed by atoms with E-state index < -0.39 is 0 Å². The molecule has 0 radical (unpaired) electrons. The molecule has 0 amide bonds. The monoisotopic (exact) mass is 288 g/mol. The smallest absolute Gasteiger partial charge is 0.242 e. The fraction of sp³-hybridized carbons (Fsp3) is 0.333. The number of para-hydroxylation sites is 2. The van der Waals surface area contributed by atoms with Crippen molar-refractivity contribution in [3.63, 3.8) is 0 Å². The number of ether oxygens (including phenoxy) is 2. The molecule has 0 aliphatic carbocycles. The van der Waals surface area contributed by atoms with Gasteiger partial charge in [-0.05, 0) is 32.9 Å². The molecule has 0 aliphatic heterocycles. The molecule has 2 rings (SSSR count). The van der Waals surface area contributed by atoms with Crippen LogP contribution in [0.2, 0.25) is 0 Å². The Morgan fingerprint density at radius 1 is 1.24 bits per heavy atom. The zero-order valence-electron chi connectivity index (χ0n) is 12.5. The molecular weight excluding hydrogens is 268 g/mol. The van der Waals surface area contributed by atoms with Crippen LogP contribution in [-0.2, 0) is 0 Å². The molecule has 0 spiro atoms. The number of benzene rings is 1. The average Bonchev–Trinajstić information content (AvgIpc) is 2.45. The molecule has 0 bridgehead atoms. The Morgan fingerprint density at radius 2 is 2.00 bits per heavy atom. The van der Waals surface area contributed by atoms with E-state index in [4.69, 9.17) is 15.2 Å². The van der Waals surface area contributed by atoms with Crippen LogP contribution in [0.4, 0.5) is 17.2 Å². The van der Waals surface area contributed by atoms with Gasteiger partial charge in [-0.15, -0.1) is 0 Å². The van der Waals surface area contributed by atoms with Crippen LogP contribution in [0.3, 0.4) is 0 Å². The molecule has 1 aromatic carbocycles. The molecule has 0 saturated carbocycles. The zero-order valence-corrected chi connectivity index (χ0v) is 12.5. The summed E-state index contributed by atoms with van der Waals surface area (Å²) in [5.41, 5.74) is 7.21. The van der Waals surface area contributed by atoms with Gasteiger partial charge in [-0.25, -0.2) is 4.98 Å². The van der Waals surface area contributed by atoms with E-state index in [1.807, 2.05) is 45.0 Å². The fourth-order valence-corrected chi connectivity index (χ4v) is 1.78. The lowest BCUT2D eigenvalue weighted by molar-refractivity contribution is 0.234. The Balaban J connectivity index is 2.28. The lowest BCUT2D eigenvalue weighted by atomic mass is 10.3. The Kier molecular flexibility index (Phi) is 4.81. The van der Waals surface area contributed by atoms with Gasteiger partial charge in [0, 0.05) is 0 Å². The molecule has 1 aromatic heterocycles. The van der Waals surface area contributed by atoms with Gasteiger partial charge in [0.1, 0.15) is 17.8 Å². The summed E-state index contributed by atoms with van der Waals surface area (Å²) in [6.45, 7) is 6.35. The number of aromatic nitrogens is 2. The number of anilines is 3. The third-order valence-corrected chi connectivity index (χ3v) is 2.63. The molecule has 112 valence electrons. The fourth-order valence-electron chi connectivity index (χ4n) is 1.78. The summed E-state index contributed by atoms with van der Waals surface area (Å²) in [4.78, 5) is 8.21. The quantitative estimate of drug-likeness (QED) is 0.850. The van der Waals surface area contributed by atoms with E-state index >= 15 is 0 Å². The Morgan fingerprint density at radius 3 is 2.71 bits per heavy atom. The van der Waals surface area contributed by atoms with E-state index in [0.29, 0.717) is 24.0 Å². The van der Waals surface area contributed by atoms with Crippen molar-refractivity contribution in [2.45, 2.75) is 26.9 Å². The van der Waals surface area contributed by atoms with Crippen molar-refractivity contribution in [1.29, 1.82) is 0 Å². The maximum Gasteiger partial charge on any atom is 0.242 e. The van der Waals surface area contributed by atoms with Gasteiger partial charge in [-0.2, -0.15) is 4.98 Å². The lowest BCUT2D eigenvalue weighted by Gasteiger charge is -2.15. The van der Waals surface area contributed by atoms with E-state index in [1.165, 1.54) is 6.33 Å². The second-order valence-electron chi connectivity index (χ2n) is 4.66. The van der Waals surface area contributed by atoms with Gasteiger partial charge in [-0.1, -0.05) is 12.1 Å². The maximum absolute atomic E-state index is 6.05. The first-order chi connectivity index (χ1) is 10.1.